The highest BCUT2D eigenvalue weighted by Crippen LogP contribution is 2.13. The highest BCUT2D eigenvalue weighted by molar-refractivity contribution is 4.49. The lowest BCUT2D eigenvalue weighted by molar-refractivity contribution is -0.836. The molecule has 0 spiro atoms. The quantitative estimate of drug-likeness (QED) is 0.407. The summed E-state index contributed by atoms with van der Waals surface area (Å²) < 4.78 is 0. The van der Waals surface area contributed by atoms with Gasteiger partial charge in [-0.25, -0.2) is 0 Å². The van der Waals surface area contributed by atoms with Crippen LogP contribution in [0.4, 0.5) is 0 Å². The van der Waals surface area contributed by atoms with Crippen LogP contribution >= 0.6 is 0 Å². The molecule has 1 nitrogen and oxygen atoms in total. The Morgan fingerprint density at radius 1 is 0.391 bits per heavy atom. The highest BCUT2D eigenvalue weighted by Gasteiger charge is 1.93. The summed E-state index contributed by atoms with van der Waals surface area (Å²) in [6.07, 6.45) is 23.4. The lowest BCUT2D eigenvalue weighted by Crippen LogP contribution is -3.02. The highest BCUT2D eigenvalue weighted by atomic mass is 79.9. The van der Waals surface area contributed by atoms with Gasteiger partial charge in [-0.1, -0.05) is 117 Å². The van der Waals surface area contributed by atoms with Crippen LogP contribution in [0, 0.1) is 0 Å². The van der Waals surface area contributed by atoms with Gasteiger partial charge in [-0.3, -0.25) is 0 Å². The van der Waals surface area contributed by atoms with Crippen molar-refractivity contribution in [3.63, 3.8) is 0 Å². The fraction of sp³-hybridized carbons (Fsp3) is 1.00. The van der Waals surface area contributed by atoms with E-state index in [0.717, 1.165) is 0 Å². The number of halogens is 1. The van der Waals surface area contributed by atoms with Crippen molar-refractivity contribution in [1.82, 2.24) is 0 Å². The minimum absolute atomic E-state index is 0. The Hall–Kier alpha value is 0.440. The molecule has 0 aliphatic heterocycles. The van der Waals surface area contributed by atoms with E-state index in [2.05, 4.69) is 35.0 Å². The average molecular weight is 395 g/mol. The molecule has 144 valence electrons. The molecular weight excluding hydrogens is 346 g/mol. The fourth-order valence-electron chi connectivity index (χ4n) is 2.62. The molecule has 0 aliphatic carbocycles. The summed E-state index contributed by atoms with van der Waals surface area (Å²) in [4.78, 5) is 1.42. The summed E-state index contributed by atoms with van der Waals surface area (Å²) in [6, 6.07) is 0. The minimum Gasteiger partial charge on any atom is -1.00 e. The second-order valence-corrected chi connectivity index (χ2v) is 7.45. The van der Waals surface area contributed by atoms with Crippen LogP contribution in [0.25, 0.3) is 0 Å². The second-order valence-electron chi connectivity index (χ2n) is 7.45. The van der Waals surface area contributed by atoms with Gasteiger partial charge in [-0.2, -0.15) is 0 Å². The van der Waals surface area contributed by atoms with E-state index in [9.17, 15) is 0 Å². The van der Waals surface area contributed by atoms with Gasteiger partial charge in [0.2, 0.25) is 0 Å². The lowest BCUT2D eigenvalue weighted by Gasteiger charge is -2.03. The summed E-state index contributed by atoms with van der Waals surface area (Å²) >= 11 is 0. The fourth-order valence-corrected chi connectivity index (χ4v) is 2.62. The first-order valence-electron chi connectivity index (χ1n) is 10.4. The first kappa shape index (κ1) is 28.3. The molecule has 23 heavy (non-hydrogen) atoms. The number of rotatable bonds is 15. The Morgan fingerprint density at radius 2 is 0.522 bits per heavy atom. The van der Waals surface area contributed by atoms with Gasteiger partial charge < -0.3 is 21.9 Å². The predicted octanol–water partition coefficient (Wildman–Crippen LogP) is 3.03. The van der Waals surface area contributed by atoms with Crippen LogP contribution in [0.15, 0.2) is 0 Å². The number of nitrogens with one attached hydrogen (secondary N) is 1. The molecule has 0 amide bonds. The zero-order valence-corrected chi connectivity index (χ0v) is 18.8. The number of quaternary nitrogens is 1. The van der Waals surface area contributed by atoms with Crippen LogP contribution in [-0.2, 0) is 0 Å². The van der Waals surface area contributed by atoms with Crippen molar-refractivity contribution >= 4 is 0 Å². The Labute approximate surface area is 159 Å². The summed E-state index contributed by atoms with van der Waals surface area (Å²) in [5.74, 6) is 0. The van der Waals surface area contributed by atoms with Gasteiger partial charge in [0.15, 0.2) is 0 Å². The van der Waals surface area contributed by atoms with Gasteiger partial charge in [0, 0.05) is 0 Å². The van der Waals surface area contributed by atoms with Gasteiger partial charge in [0.25, 0.3) is 0 Å². The van der Waals surface area contributed by atoms with E-state index in [0.29, 0.717) is 0 Å². The maximum atomic E-state index is 2.29. The first-order chi connectivity index (χ1) is 10.6. The van der Waals surface area contributed by atoms with Crippen molar-refractivity contribution in [3.05, 3.63) is 0 Å². The summed E-state index contributed by atoms with van der Waals surface area (Å²) in [5.41, 5.74) is 0. The van der Waals surface area contributed by atoms with Crippen molar-refractivity contribution in [3.8, 4) is 0 Å². The molecule has 2 heteroatoms. The maximum absolute atomic E-state index is 2.29. The second kappa shape index (κ2) is 27.3. The molecule has 0 atom stereocenters. The molecule has 0 aromatic heterocycles. The minimum atomic E-state index is 0. The van der Waals surface area contributed by atoms with E-state index in [4.69, 9.17) is 0 Å². The van der Waals surface area contributed by atoms with Crippen LogP contribution in [-0.4, -0.2) is 21.1 Å². The average Bonchev–Trinajstić information content (AvgIpc) is 2.47. The number of unbranched alkanes of at least 4 members (excludes halogenated alkanes) is 15. The largest absolute Gasteiger partial charge is 1.00 e. The Morgan fingerprint density at radius 3 is 0.652 bits per heavy atom. The van der Waals surface area contributed by atoms with Gasteiger partial charge >= 0.3 is 0 Å². The van der Waals surface area contributed by atoms with Gasteiger partial charge in [-0.05, 0) is 0 Å². The van der Waals surface area contributed by atoms with Gasteiger partial charge in [0.05, 0.1) is 21.1 Å². The predicted molar refractivity (Wildman–Crippen MR) is 104 cm³/mol. The molecule has 0 saturated heterocycles. The van der Waals surface area contributed by atoms with Crippen molar-refractivity contribution < 1.29 is 21.9 Å². The summed E-state index contributed by atoms with van der Waals surface area (Å²) in [7, 11) is 6.25. The van der Waals surface area contributed by atoms with Crippen LogP contribution in [0.2, 0.25) is 0 Å². The molecule has 0 aliphatic rings. The number of hydrogen-bond acceptors (Lipinski definition) is 0. The Kier molecular flexibility index (Phi) is 33.5. The first-order valence-corrected chi connectivity index (χ1v) is 10.4. The maximum Gasteiger partial charge on any atom is 0.0661 e. The van der Waals surface area contributed by atoms with E-state index in [1.54, 1.807) is 0 Å². The molecule has 1 N–H and O–H groups in total. The molecule has 0 heterocycles. The third-order valence-electron chi connectivity index (χ3n) is 3.96. The molecule has 0 rings (SSSR count). The smallest absolute Gasteiger partial charge is 0.0661 e. The van der Waals surface area contributed by atoms with Crippen molar-refractivity contribution in [1.29, 1.82) is 0 Å². The summed E-state index contributed by atoms with van der Waals surface area (Å²) in [5, 5.41) is 0. The van der Waals surface area contributed by atoms with E-state index in [-0.39, 0.29) is 17.0 Å². The standard InChI is InChI=1S/C18H38.C3H9N.BrH/c1-3-5-7-9-11-13-15-17-18-16-14-12-10-8-6-4-2;1-4(2)3;/h3-18H2,1-2H3;1-3H3;1H. The van der Waals surface area contributed by atoms with Crippen LogP contribution in [0.1, 0.15) is 117 Å². The monoisotopic (exact) mass is 393 g/mol. The Balaban J connectivity index is -0.000000712. The van der Waals surface area contributed by atoms with Crippen molar-refractivity contribution in [2.24, 2.45) is 0 Å². The third-order valence-corrected chi connectivity index (χ3v) is 3.96. The SMILES string of the molecule is CCCCCCCCCCCCCCCCCC.C[NH+](C)C.[Br-]. The molecule has 0 aromatic rings. The van der Waals surface area contributed by atoms with E-state index >= 15 is 0 Å². The number of hydrogen-bond donors (Lipinski definition) is 1. The molecular formula is C21H48BrN. The van der Waals surface area contributed by atoms with Gasteiger partial charge in [0.1, 0.15) is 0 Å². The molecule has 0 fully saturated rings. The van der Waals surface area contributed by atoms with E-state index < -0.39 is 0 Å². The van der Waals surface area contributed by atoms with Crippen LogP contribution in [0.3, 0.4) is 0 Å². The molecule has 0 radical (unpaired) electrons. The molecule has 0 bridgehead atoms. The third kappa shape index (κ3) is 39.3. The van der Waals surface area contributed by atoms with Crippen LogP contribution in [0.5, 0.6) is 0 Å². The van der Waals surface area contributed by atoms with Crippen molar-refractivity contribution in [2.75, 3.05) is 21.1 Å². The molecule has 0 saturated carbocycles. The van der Waals surface area contributed by atoms with E-state index in [1.165, 1.54) is 108 Å². The molecule has 0 unspecified atom stereocenters. The van der Waals surface area contributed by atoms with Gasteiger partial charge in [-0.15, -0.1) is 0 Å². The lowest BCUT2D eigenvalue weighted by atomic mass is 10.0. The normalized spacial score (nSPS) is 10.2. The van der Waals surface area contributed by atoms with Crippen LogP contribution < -0.4 is 21.9 Å². The zero-order chi connectivity index (χ0) is 16.9. The Bertz CT molecular complexity index is 152. The zero-order valence-electron chi connectivity index (χ0n) is 17.2. The molecule has 0 aromatic carbocycles. The van der Waals surface area contributed by atoms with Crippen molar-refractivity contribution in [2.45, 2.75) is 117 Å². The topological polar surface area (TPSA) is 4.44 Å². The summed E-state index contributed by atoms with van der Waals surface area (Å²) in [6.45, 7) is 4.59. The van der Waals surface area contributed by atoms with E-state index in [1.807, 2.05) is 0 Å².